The van der Waals surface area contributed by atoms with Crippen molar-refractivity contribution in [3.8, 4) is 11.6 Å². The van der Waals surface area contributed by atoms with E-state index in [2.05, 4.69) is 34.5 Å². The number of ether oxygens (including phenoxy) is 1. The molecule has 0 amide bonds. The zero-order valence-corrected chi connectivity index (χ0v) is 18.1. The second-order valence-electron chi connectivity index (χ2n) is 7.65. The molecular weight excluding hydrogens is 383 g/mol. The maximum atomic E-state index is 13.3. The SMILES string of the molecule is CCNC(=NCc1ccc(Oc2cccc(F)c2)nc1)NCC(CCO)CC(C)C. The maximum Gasteiger partial charge on any atom is 0.219 e. The number of nitrogens with zero attached hydrogens (tertiary/aromatic N) is 2. The van der Waals surface area contributed by atoms with Crippen LogP contribution in [0.4, 0.5) is 4.39 Å². The summed E-state index contributed by atoms with van der Waals surface area (Å²) in [6.07, 6.45) is 3.54. The smallest absolute Gasteiger partial charge is 0.219 e. The van der Waals surface area contributed by atoms with Crippen molar-refractivity contribution in [2.45, 2.75) is 40.2 Å². The monoisotopic (exact) mass is 416 g/mol. The Hall–Kier alpha value is -2.67. The molecule has 0 aliphatic rings. The zero-order chi connectivity index (χ0) is 21.8. The van der Waals surface area contributed by atoms with Crippen LogP contribution in [-0.4, -0.2) is 35.7 Å². The second kappa shape index (κ2) is 12.8. The van der Waals surface area contributed by atoms with Crippen molar-refractivity contribution < 1.29 is 14.2 Å². The first-order valence-electron chi connectivity index (χ1n) is 10.5. The fourth-order valence-corrected chi connectivity index (χ4v) is 3.12. The van der Waals surface area contributed by atoms with E-state index in [-0.39, 0.29) is 12.4 Å². The van der Waals surface area contributed by atoms with Gasteiger partial charge < -0.3 is 20.5 Å². The van der Waals surface area contributed by atoms with Crippen molar-refractivity contribution in [3.05, 3.63) is 54.0 Å². The van der Waals surface area contributed by atoms with Crippen LogP contribution in [0, 0.1) is 17.7 Å². The third-order valence-corrected chi connectivity index (χ3v) is 4.48. The lowest BCUT2D eigenvalue weighted by molar-refractivity contribution is 0.243. The average Bonchev–Trinajstić information content (AvgIpc) is 2.71. The van der Waals surface area contributed by atoms with Gasteiger partial charge in [-0.25, -0.2) is 14.4 Å². The summed E-state index contributed by atoms with van der Waals surface area (Å²) in [6, 6.07) is 9.60. The lowest BCUT2D eigenvalue weighted by Crippen LogP contribution is -2.40. The Bertz CT molecular complexity index is 781. The van der Waals surface area contributed by atoms with Crippen LogP contribution in [0.3, 0.4) is 0 Å². The van der Waals surface area contributed by atoms with Gasteiger partial charge >= 0.3 is 0 Å². The Balaban J connectivity index is 1.93. The summed E-state index contributed by atoms with van der Waals surface area (Å²) < 4.78 is 18.8. The summed E-state index contributed by atoms with van der Waals surface area (Å²) in [4.78, 5) is 8.90. The van der Waals surface area contributed by atoms with Crippen LogP contribution in [0.25, 0.3) is 0 Å². The highest BCUT2D eigenvalue weighted by atomic mass is 19.1. The minimum atomic E-state index is -0.350. The van der Waals surface area contributed by atoms with Crippen molar-refractivity contribution in [3.63, 3.8) is 0 Å². The first-order valence-corrected chi connectivity index (χ1v) is 10.5. The van der Waals surface area contributed by atoms with Crippen molar-refractivity contribution in [2.75, 3.05) is 19.7 Å². The lowest BCUT2D eigenvalue weighted by atomic mass is 9.94. The van der Waals surface area contributed by atoms with Gasteiger partial charge in [0.15, 0.2) is 5.96 Å². The van der Waals surface area contributed by atoms with E-state index in [1.165, 1.54) is 12.1 Å². The number of aliphatic hydroxyl groups excluding tert-OH is 1. The van der Waals surface area contributed by atoms with Gasteiger partial charge in [0.05, 0.1) is 6.54 Å². The number of benzene rings is 1. The molecule has 0 aliphatic heterocycles. The van der Waals surface area contributed by atoms with E-state index >= 15 is 0 Å². The third kappa shape index (κ3) is 8.78. The van der Waals surface area contributed by atoms with Gasteiger partial charge in [-0.2, -0.15) is 0 Å². The molecule has 1 atom stereocenters. The molecule has 1 aromatic heterocycles. The van der Waals surface area contributed by atoms with Crippen LogP contribution >= 0.6 is 0 Å². The van der Waals surface area contributed by atoms with E-state index in [4.69, 9.17) is 4.74 Å². The molecule has 0 saturated carbocycles. The number of guanidine groups is 1. The summed E-state index contributed by atoms with van der Waals surface area (Å²) in [5.74, 6) is 2.19. The van der Waals surface area contributed by atoms with Gasteiger partial charge in [-0.05, 0) is 49.3 Å². The molecule has 0 fully saturated rings. The Labute approximate surface area is 178 Å². The fourth-order valence-electron chi connectivity index (χ4n) is 3.12. The Morgan fingerprint density at radius 1 is 1.23 bits per heavy atom. The van der Waals surface area contributed by atoms with Crippen LogP contribution < -0.4 is 15.4 Å². The zero-order valence-electron chi connectivity index (χ0n) is 18.1. The largest absolute Gasteiger partial charge is 0.439 e. The van der Waals surface area contributed by atoms with Crippen LogP contribution in [0.5, 0.6) is 11.6 Å². The van der Waals surface area contributed by atoms with Crippen LogP contribution in [0.2, 0.25) is 0 Å². The summed E-state index contributed by atoms with van der Waals surface area (Å²) in [7, 11) is 0. The predicted molar refractivity (Wildman–Crippen MR) is 118 cm³/mol. The standard InChI is InChI=1S/C23H33FN4O2/c1-4-25-23(27-14-18(10-11-29)12-17(2)3)28-16-19-8-9-22(26-15-19)30-21-7-5-6-20(24)13-21/h5-9,13,15,17-18,29H,4,10-12,14,16H2,1-3H3,(H2,25,27,28). The normalized spacial score (nSPS) is 12.7. The number of hydrogen-bond donors (Lipinski definition) is 3. The predicted octanol–water partition coefficient (Wildman–Crippen LogP) is 4.11. The molecule has 2 aromatic rings. The van der Waals surface area contributed by atoms with Crippen molar-refractivity contribution in [1.29, 1.82) is 0 Å². The molecule has 2 rings (SSSR count). The summed E-state index contributed by atoms with van der Waals surface area (Å²) in [5, 5.41) is 15.9. The van der Waals surface area contributed by atoms with E-state index in [1.54, 1.807) is 24.4 Å². The van der Waals surface area contributed by atoms with Crippen molar-refractivity contribution >= 4 is 5.96 Å². The number of aliphatic hydroxyl groups is 1. The Morgan fingerprint density at radius 2 is 2.07 bits per heavy atom. The minimum absolute atomic E-state index is 0.197. The number of nitrogens with one attached hydrogen (secondary N) is 2. The molecule has 1 unspecified atom stereocenters. The quantitative estimate of drug-likeness (QED) is 0.379. The van der Waals surface area contributed by atoms with Crippen LogP contribution in [0.1, 0.15) is 39.2 Å². The molecule has 6 nitrogen and oxygen atoms in total. The highest BCUT2D eigenvalue weighted by Crippen LogP contribution is 2.20. The first kappa shape index (κ1) is 23.6. The molecular formula is C23H33FN4O2. The van der Waals surface area contributed by atoms with Gasteiger partial charge in [0.1, 0.15) is 11.6 Å². The van der Waals surface area contributed by atoms with Crippen LogP contribution in [0.15, 0.2) is 47.6 Å². The first-order chi connectivity index (χ1) is 14.5. The third-order valence-electron chi connectivity index (χ3n) is 4.48. The number of hydrogen-bond acceptors (Lipinski definition) is 4. The molecule has 0 bridgehead atoms. The number of halogens is 1. The van der Waals surface area contributed by atoms with E-state index in [9.17, 15) is 9.50 Å². The molecule has 1 aromatic carbocycles. The molecule has 0 aliphatic carbocycles. The molecule has 1 heterocycles. The minimum Gasteiger partial charge on any atom is -0.439 e. The van der Waals surface area contributed by atoms with Gasteiger partial charge in [-0.3, -0.25) is 0 Å². The summed E-state index contributed by atoms with van der Waals surface area (Å²) >= 11 is 0. The van der Waals surface area contributed by atoms with E-state index in [0.717, 1.165) is 37.5 Å². The summed E-state index contributed by atoms with van der Waals surface area (Å²) in [6.45, 7) is 8.61. The van der Waals surface area contributed by atoms with Gasteiger partial charge in [0.2, 0.25) is 5.88 Å². The second-order valence-corrected chi connectivity index (χ2v) is 7.65. The molecule has 0 saturated heterocycles. The number of rotatable bonds is 11. The topological polar surface area (TPSA) is 78.8 Å². The highest BCUT2D eigenvalue weighted by molar-refractivity contribution is 5.79. The Kier molecular flexibility index (Phi) is 10.1. The summed E-state index contributed by atoms with van der Waals surface area (Å²) in [5.41, 5.74) is 0.938. The van der Waals surface area contributed by atoms with Crippen molar-refractivity contribution in [2.24, 2.45) is 16.8 Å². The molecule has 164 valence electrons. The van der Waals surface area contributed by atoms with Gasteiger partial charge in [-0.1, -0.05) is 26.0 Å². The highest BCUT2D eigenvalue weighted by Gasteiger charge is 2.11. The van der Waals surface area contributed by atoms with Gasteiger partial charge in [0.25, 0.3) is 0 Å². The maximum absolute atomic E-state index is 13.3. The number of pyridine rings is 1. The Morgan fingerprint density at radius 3 is 2.70 bits per heavy atom. The van der Waals surface area contributed by atoms with Crippen molar-refractivity contribution in [1.82, 2.24) is 15.6 Å². The molecule has 3 N–H and O–H groups in total. The van der Waals surface area contributed by atoms with E-state index < -0.39 is 0 Å². The molecule has 0 spiro atoms. The van der Waals surface area contributed by atoms with E-state index in [0.29, 0.717) is 30.0 Å². The molecule has 0 radical (unpaired) electrons. The average molecular weight is 417 g/mol. The molecule has 7 heteroatoms. The fraction of sp³-hybridized carbons (Fsp3) is 0.478. The number of aromatic nitrogens is 1. The van der Waals surface area contributed by atoms with Crippen LogP contribution in [-0.2, 0) is 6.54 Å². The van der Waals surface area contributed by atoms with Gasteiger partial charge in [-0.15, -0.1) is 0 Å². The van der Waals surface area contributed by atoms with Gasteiger partial charge in [0, 0.05) is 38.0 Å². The van der Waals surface area contributed by atoms with E-state index in [1.807, 2.05) is 13.0 Å². The lowest BCUT2D eigenvalue weighted by Gasteiger charge is -2.20. The molecule has 30 heavy (non-hydrogen) atoms. The number of aliphatic imine (C=N–C) groups is 1.